The summed E-state index contributed by atoms with van der Waals surface area (Å²) in [5.41, 5.74) is 1.45. The summed E-state index contributed by atoms with van der Waals surface area (Å²) in [4.78, 5) is 11.0. The first-order valence-electron chi connectivity index (χ1n) is 4.61. The van der Waals surface area contributed by atoms with E-state index in [0.717, 1.165) is 0 Å². The van der Waals surface area contributed by atoms with E-state index in [4.69, 9.17) is 16.1 Å². The molecule has 6 N–H and O–H groups in total. The van der Waals surface area contributed by atoms with Crippen molar-refractivity contribution < 1.29 is 20.1 Å². The van der Waals surface area contributed by atoms with Gasteiger partial charge in [0.15, 0.2) is 11.5 Å². The largest absolute Gasteiger partial charge is 0.504 e. The van der Waals surface area contributed by atoms with E-state index in [9.17, 15) is 9.90 Å². The van der Waals surface area contributed by atoms with Crippen LogP contribution >= 0.6 is 12.4 Å². The summed E-state index contributed by atoms with van der Waals surface area (Å²) in [5.74, 6) is 3.55. The molecule has 0 aliphatic rings. The van der Waals surface area contributed by atoms with Gasteiger partial charge in [0.05, 0.1) is 0 Å². The molecular weight excluding hydrogens is 248 g/mol. The second kappa shape index (κ2) is 5.72. The number of nitrogens with two attached hydrogens (primary N) is 1. The molecule has 1 atom stereocenters. The Kier molecular flexibility index (Phi) is 5.21. The summed E-state index contributed by atoms with van der Waals surface area (Å²) < 4.78 is 0. The third-order valence-electron chi connectivity index (χ3n) is 2.39. The SMILES string of the molecule is C[C@@](Cc1ccc(O)c(O)c1)(NN)C(=O)O.Cl. The average molecular weight is 263 g/mol. The number of phenols is 2. The van der Waals surface area contributed by atoms with Gasteiger partial charge in [-0.05, 0) is 24.6 Å². The van der Waals surface area contributed by atoms with Crippen LogP contribution in [0.15, 0.2) is 18.2 Å². The number of aliphatic carboxylic acids is 1. The summed E-state index contributed by atoms with van der Waals surface area (Å²) >= 11 is 0. The molecule has 1 rings (SSSR count). The van der Waals surface area contributed by atoms with Crippen molar-refractivity contribution in [3.63, 3.8) is 0 Å². The van der Waals surface area contributed by atoms with Gasteiger partial charge in [0, 0.05) is 6.42 Å². The molecule has 17 heavy (non-hydrogen) atoms. The van der Waals surface area contributed by atoms with Crippen LogP contribution in [-0.2, 0) is 11.2 Å². The zero-order valence-corrected chi connectivity index (χ0v) is 9.99. The Balaban J connectivity index is 0.00000256. The standard InChI is InChI=1S/C10H14N2O4.ClH/c1-10(12-11,9(15)16)5-6-2-3-7(13)8(14)4-6;/h2-4,12-14H,5,11H2,1H3,(H,15,16);1H/t10-;/m0./s1. The number of hydrogen-bond donors (Lipinski definition) is 5. The van der Waals surface area contributed by atoms with Crippen LogP contribution in [0.1, 0.15) is 12.5 Å². The molecule has 0 bridgehead atoms. The monoisotopic (exact) mass is 262 g/mol. The van der Waals surface area contributed by atoms with Gasteiger partial charge < -0.3 is 15.3 Å². The smallest absolute Gasteiger partial charge is 0.325 e. The lowest BCUT2D eigenvalue weighted by atomic mass is 9.93. The summed E-state index contributed by atoms with van der Waals surface area (Å²) in [5, 5.41) is 27.3. The fourth-order valence-corrected chi connectivity index (χ4v) is 1.28. The quantitative estimate of drug-likeness (QED) is 0.304. The number of benzene rings is 1. The predicted molar refractivity (Wildman–Crippen MR) is 64.1 cm³/mol. The van der Waals surface area contributed by atoms with Gasteiger partial charge in [-0.25, -0.2) is 5.43 Å². The van der Waals surface area contributed by atoms with Gasteiger partial charge in [-0.1, -0.05) is 6.07 Å². The Morgan fingerprint density at radius 3 is 2.41 bits per heavy atom. The highest BCUT2D eigenvalue weighted by Gasteiger charge is 2.32. The van der Waals surface area contributed by atoms with Gasteiger partial charge >= 0.3 is 5.97 Å². The Hall–Kier alpha value is -1.50. The fraction of sp³-hybridized carbons (Fsp3) is 0.300. The molecule has 0 fully saturated rings. The van der Waals surface area contributed by atoms with Crippen LogP contribution in [0.2, 0.25) is 0 Å². The lowest BCUT2D eigenvalue weighted by molar-refractivity contribution is -0.144. The minimum absolute atomic E-state index is 0. The van der Waals surface area contributed by atoms with Crippen molar-refractivity contribution in [1.29, 1.82) is 0 Å². The maximum absolute atomic E-state index is 11.0. The maximum atomic E-state index is 11.0. The molecular formula is C10H15ClN2O4. The van der Waals surface area contributed by atoms with Crippen LogP contribution < -0.4 is 11.3 Å². The molecule has 7 heteroatoms. The first-order valence-corrected chi connectivity index (χ1v) is 4.61. The number of rotatable bonds is 4. The topological polar surface area (TPSA) is 116 Å². The number of halogens is 1. The van der Waals surface area contributed by atoms with Crippen LogP contribution in [0.4, 0.5) is 0 Å². The lowest BCUT2D eigenvalue weighted by Gasteiger charge is -2.23. The molecule has 0 spiro atoms. The first-order chi connectivity index (χ1) is 7.39. The highest BCUT2D eigenvalue weighted by molar-refractivity contribution is 5.85. The minimum atomic E-state index is -1.32. The van der Waals surface area contributed by atoms with Crippen LogP contribution in [-0.4, -0.2) is 26.8 Å². The Labute approximate surface area is 104 Å². The zero-order valence-electron chi connectivity index (χ0n) is 9.17. The molecule has 6 nitrogen and oxygen atoms in total. The number of phenolic OH excluding ortho intramolecular Hbond substituents is 2. The van der Waals surface area contributed by atoms with Gasteiger partial charge in [-0.15, -0.1) is 12.4 Å². The predicted octanol–water partition coefficient (Wildman–Crippen LogP) is 0.369. The Bertz CT molecular complexity index is 413. The molecule has 96 valence electrons. The average Bonchev–Trinajstić information content (AvgIpc) is 2.23. The second-order valence-corrected chi connectivity index (χ2v) is 3.78. The Morgan fingerprint density at radius 2 is 2.00 bits per heavy atom. The fourth-order valence-electron chi connectivity index (χ4n) is 1.28. The van der Waals surface area contributed by atoms with Crippen LogP contribution in [0.25, 0.3) is 0 Å². The van der Waals surface area contributed by atoms with E-state index in [1.165, 1.54) is 25.1 Å². The summed E-state index contributed by atoms with van der Waals surface area (Å²) in [6, 6.07) is 4.12. The van der Waals surface area contributed by atoms with Crippen LogP contribution in [0.3, 0.4) is 0 Å². The van der Waals surface area contributed by atoms with E-state index >= 15 is 0 Å². The molecule has 0 aliphatic carbocycles. The van der Waals surface area contributed by atoms with Crippen LogP contribution in [0.5, 0.6) is 11.5 Å². The minimum Gasteiger partial charge on any atom is -0.504 e. The molecule has 0 amide bonds. The van der Waals surface area contributed by atoms with Gasteiger partial charge in [-0.3, -0.25) is 10.6 Å². The number of carbonyl (C=O) groups is 1. The molecule has 0 radical (unpaired) electrons. The number of carboxylic acid groups (broad SMARTS) is 1. The number of hydrazine groups is 1. The second-order valence-electron chi connectivity index (χ2n) is 3.78. The molecule has 1 aromatic rings. The van der Waals surface area contributed by atoms with E-state index in [0.29, 0.717) is 5.56 Å². The third kappa shape index (κ3) is 3.48. The summed E-state index contributed by atoms with van der Waals surface area (Å²) in [6.45, 7) is 1.43. The van der Waals surface area contributed by atoms with Crippen LogP contribution in [0, 0.1) is 0 Å². The highest BCUT2D eigenvalue weighted by Crippen LogP contribution is 2.26. The zero-order chi connectivity index (χ0) is 12.3. The van der Waals surface area contributed by atoms with Gasteiger partial charge in [0.1, 0.15) is 5.54 Å². The number of nitrogens with one attached hydrogen (secondary N) is 1. The molecule has 1 aromatic carbocycles. The van der Waals surface area contributed by atoms with Crippen molar-refractivity contribution in [2.45, 2.75) is 18.9 Å². The third-order valence-corrected chi connectivity index (χ3v) is 2.39. The van der Waals surface area contributed by atoms with E-state index in [2.05, 4.69) is 5.43 Å². The van der Waals surface area contributed by atoms with Gasteiger partial charge in [-0.2, -0.15) is 0 Å². The van der Waals surface area contributed by atoms with Crippen molar-refractivity contribution >= 4 is 18.4 Å². The molecule has 0 saturated heterocycles. The van der Waals surface area contributed by atoms with Crippen molar-refractivity contribution in [2.75, 3.05) is 0 Å². The maximum Gasteiger partial charge on any atom is 0.325 e. The number of carboxylic acids is 1. The number of aromatic hydroxyl groups is 2. The van der Waals surface area contributed by atoms with Crippen molar-refractivity contribution in [2.24, 2.45) is 5.84 Å². The molecule has 0 unspecified atom stereocenters. The molecule has 0 saturated carbocycles. The lowest BCUT2D eigenvalue weighted by Crippen LogP contribution is -2.54. The molecule has 0 heterocycles. The van der Waals surface area contributed by atoms with Crippen molar-refractivity contribution in [3.8, 4) is 11.5 Å². The van der Waals surface area contributed by atoms with Crippen molar-refractivity contribution in [1.82, 2.24) is 5.43 Å². The Morgan fingerprint density at radius 1 is 1.41 bits per heavy atom. The van der Waals surface area contributed by atoms with E-state index in [1.807, 2.05) is 0 Å². The summed E-state index contributed by atoms with van der Waals surface area (Å²) in [7, 11) is 0. The van der Waals surface area contributed by atoms with Crippen molar-refractivity contribution in [3.05, 3.63) is 23.8 Å². The first kappa shape index (κ1) is 15.5. The van der Waals surface area contributed by atoms with Gasteiger partial charge in [0.25, 0.3) is 0 Å². The summed E-state index contributed by atoms with van der Waals surface area (Å²) in [6.07, 6.45) is 0.0900. The highest BCUT2D eigenvalue weighted by atomic mass is 35.5. The molecule has 0 aliphatic heterocycles. The van der Waals surface area contributed by atoms with E-state index in [-0.39, 0.29) is 30.3 Å². The molecule has 0 aromatic heterocycles. The normalized spacial score (nSPS) is 13.5. The van der Waals surface area contributed by atoms with E-state index in [1.54, 1.807) is 0 Å². The number of hydrogen-bond acceptors (Lipinski definition) is 5. The van der Waals surface area contributed by atoms with Gasteiger partial charge in [0.2, 0.25) is 0 Å². The van der Waals surface area contributed by atoms with E-state index < -0.39 is 11.5 Å².